The molecule has 0 rings (SSSR count). The lowest BCUT2D eigenvalue weighted by molar-refractivity contribution is 0.471. The molecule has 0 fully saturated rings. The molecule has 0 aromatic rings. The minimum atomic E-state index is 0.317. The number of allylic oxidation sites excluding steroid dienone is 2. The minimum Gasteiger partial charge on any atom is -0.0797 e. The summed E-state index contributed by atoms with van der Waals surface area (Å²) in [5, 5.41) is 0. The number of rotatable bonds is 0. The second-order valence-corrected chi connectivity index (χ2v) is 5.44. The van der Waals surface area contributed by atoms with E-state index in [1.165, 1.54) is 5.57 Å². The molecule has 0 unspecified atom stereocenters. The van der Waals surface area contributed by atoms with E-state index in [-0.39, 0.29) is 0 Å². The first-order valence-corrected chi connectivity index (χ1v) is 4.33. The van der Waals surface area contributed by atoms with Crippen LogP contribution in [0.1, 0.15) is 48.5 Å². The van der Waals surface area contributed by atoms with Gasteiger partial charge in [0.15, 0.2) is 0 Å². The van der Waals surface area contributed by atoms with Crippen LogP contribution in [0, 0.1) is 10.8 Å². The Kier molecular flexibility index (Phi) is 2.93. The normalized spacial score (nSPS) is 15.4. The molecule has 0 heterocycles. The average molecular weight is 154 g/mol. The van der Waals surface area contributed by atoms with E-state index in [4.69, 9.17) is 0 Å². The molecule has 0 saturated heterocycles. The Labute approximate surface area is 71.7 Å². The summed E-state index contributed by atoms with van der Waals surface area (Å²) in [4.78, 5) is 0. The van der Waals surface area contributed by atoms with E-state index in [1.54, 1.807) is 0 Å². The van der Waals surface area contributed by atoms with E-state index in [9.17, 15) is 0 Å². The molecule has 0 amide bonds. The van der Waals surface area contributed by atoms with Gasteiger partial charge in [-0.1, -0.05) is 53.2 Å². The van der Waals surface area contributed by atoms with Gasteiger partial charge in [0.2, 0.25) is 0 Å². The lowest BCUT2D eigenvalue weighted by Crippen LogP contribution is -2.10. The topological polar surface area (TPSA) is 0 Å². The van der Waals surface area contributed by atoms with E-state index in [0.717, 1.165) is 0 Å². The van der Waals surface area contributed by atoms with E-state index < -0.39 is 0 Å². The molecule has 0 aliphatic carbocycles. The molecule has 0 heteroatoms. The van der Waals surface area contributed by atoms with Crippen molar-refractivity contribution in [2.75, 3.05) is 0 Å². The van der Waals surface area contributed by atoms with Gasteiger partial charge < -0.3 is 0 Å². The zero-order valence-corrected chi connectivity index (χ0v) is 9.08. The Morgan fingerprint density at radius 3 is 1.36 bits per heavy atom. The van der Waals surface area contributed by atoms with E-state index in [0.29, 0.717) is 10.8 Å². The smallest absolute Gasteiger partial charge is 0.0176 e. The highest BCUT2D eigenvalue weighted by atomic mass is 14.2. The molecule has 0 aliphatic rings. The van der Waals surface area contributed by atoms with Crippen LogP contribution in [0.15, 0.2) is 11.6 Å². The van der Waals surface area contributed by atoms with Gasteiger partial charge in [-0.2, -0.15) is 0 Å². The molecule has 0 aromatic heterocycles. The molecule has 0 N–H and O–H groups in total. The summed E-state index contributed by atoms with van der Waals surface area (Å²) in [5.74, 6) is 0. The van der Waals surface area contributed by atoms with Crippen LogP contribution in [0.25, 0.3) is 0 Å². The molecule has 11 heavy (non-hydrogen) atoms. The van der Waals surface area contributed by atoms with Crippen LogP contribution in [0.4, 0.5) is 0 Å². The fourth-order valence-electron chi connectivity index (χ4n) is 0.866. The quantitative estimate of drug-likeness (QED) is 0.462. The molecule has 0 radical (unpaired) electrons. The van der Waals surface area contributed by atoms with Crippen LogP contribution >= 0.6 is 0 Å². The van der Waals surface area contributed by atoms with Crippen molar-refractivity contribution in [1.82, 2.24) is 0 Å². The largest absolute Gasteiger partial charge is 0.0797 e. The predicted molar refractivity (Wildman–Crippen MR) is 52.7 cm³/mol. The number of hydrogen-bond donors (Lipinski definition) is 0. The summed E-state index contributed by atoms with van der Waals surface area (Å²) in [5.41, 5.74) is 2.12. The van der Waals surface area contributed by atoms with Gasteiger partial charge in [-0.15, -0.1) is 0 Å². The van der Waals surface area contributed by atoms with E-state index in [1.807, 2.05) is 0 Å². The van der Waals surface area contributed by atoms with Crippen molar-refractivity contribution in [2.45, 2.75) is 48.5 Å². The van der Waals surface area contributed by atoms with Gasteiger partial charge in [-0.3, -0.25) is 0 Å². The van der Waals surface area contributed by atoms with Crippen molar-refractivity contribution in [1.29, 1.82) is 0 Å². The summed E-state index contributed by atoms with van der Waals surface area (Å²) >= 11 is 0. The molecule has 0 atom stereocenters. The highest BCUT2D eigenvalue weighted by Gasteiger charge is 2.15. The SMILES string of the molecule is CC(=CC(C)(C)C)C(C)(C)C. The fourth-order valence-corrected chi connectivity index (χ4v) is 0.866. The highest BCUT2D eigenvalue weighted by molar-refractivity contribution is 5.10. The lowest BCUT2D eigenvalue weighted by Gasteiger charge is -2.23. The summed E-state index contributed by atoms with van der Waals surface area (Å²) in [6.07, 6.45) is 2.35. The Hall–Kier alpha value is -0.260. The van der Waals surface area contributed by atoms with Gasteiger partial charge in [0, 0.05) is 0 Å². The van der Waals surface area contributed by atoms with Crippen molar-refractivity contribution >= 4 is 0 Å². The third-order valence-electron chi connectivity index (χ3n) is 1.83. The highest BCUT2D eigenvalue weighted by Crippen LogP contribution is 2.29. The molecule has 0 aliphatic heterocycles. The van der Waals surface area contributed by atoms with E-state index >= 15 is 0 Å². The van der Waals surface area contributed by atoms with Crippen molar-refractivity contribution in [3.05, 3.63) is 11.6 Å². The van der Waals surface area contributed by atoms with Crippen LogP contribution in [0.2, 0.25) is 0 Å². The van der Waals surface area contributed by atoms with Crippen LogP contribution < -0.4 is 0 Å². The van der Waals surface area contributed by atoms with Crippen LogP contribution in [0.3, 0.4) is 0 Å². The molecular weight excluding hydrogens is 132 g/mol. The van der Waals surface area contributed by atoms with E-state index in [2.05, 4.69) is 54.5 Å². The van der Waals surface area contributed by atoms with Gasteiger partial charge >= 0.3 is 0 Å². The molecule has 0 aromatic carbocycles. The Bertz CT molecular complexity index is 148. The lowest BCUT2D eigenvalue weighted by atomic mass is 9.82. The van der Waals surface area contributed by atoms with Crippen molar-refractivity contribution in [3.8, 4) is 0 Å². The van der Waals surface area contributed by atoms with Gasteiger partial charge in [-0.05, 0) is 17.8 Å². The van der Waals surface area contributed by atoms with Gasteiger partial charge in [0.05, 0.1) is 0 Å². The van der Waals surface area contributed by atoms with Crippen LogP contribution in [0.5, 0.6) is 0 Å². The maximum absolute atomic E-state index is 2.35. The zero-order chi connectivity index (χ0) is 9.28. The Morgan fingerprint density at radius 2 is 1.27 bits per heavy atom. The first-order valence-electron chi connectivity index (χ1n) is 4.33. The predicted octanol–water partition coefficient (Wildman–Crippen LogP) is 4.02. The first-order chi connectivity index (χ1) is 4.63. The first kappa shape index (κ1) is 10.7. The molecular formula is C11H22. The van der Waals surface area contributed by atoms with Crippen molar-refractivity contribution in [2.24, 2.45) is 10.8 Å². The van der Waals surface area contributed by atoms with Gasteiger partial charge in [0.25, 0.3) is 0 Å². The number of hydrogen-bond acceptors (Lipinski definition) is 0. The third kappa shape index (κ3) is 5.06. The summed E-state index contributed by atoms with van der Waals surface area (Å²) in [6, 6.07) is 0. The minimum absolute atomic E-state index is 0.317. The molecule has 0 saturated carbocycles. The molecule has 0 nitrogen and oxygen atoms in total. The zero-order valence-electron chi connectivity index (χ0n) is 9.08. The monoisotopic (exact) mass is 154 g/mol. The fraction of sp³-hybridized carbons (Fsp3) is 0.818. The standard InChI is InChI=1S/C11H22/c1-9(11(5,6)7)8-10(2,3)4/h8H,1-7H3. The summed E-state index contributed by atoms with van der Waals surface area (Å²) < 4.78 is 0. The Morgan fingerprint density at radius 1 is 0.909 bits per heavy atom. The van der Waals surface area contributed by atoms with Gasteiger partial charge in [0.1, 0.15) is 0 Å². The second-order valence-electron chi connectivity index (χ2n) is 5.44. The van der Waals surface area contributed by atoms with Crippen molar-refractivity contribution in [3.63, 3.8) is 0 Å². The molecule has 66 valence electrons. The van der Waals surface area contributed by atoms with Gasteiger partial charge in [-0.25, -0.2) is 0 Å². The maximum Gasteiger partial charge on any atom is -0.0176 e. The Balaban J connectivity index is 4.49. The van der Waals surface area contributed by atoms with Crippen molar-refractivity contribution < 1.29 is 0 Å². The third-order valence-corrected chi connectivity index (χ3v) is 1.83. The maximum atomic E-state index is 2.35. The summed E-state index contributed by atoms with van der Waals surface area (Å²) in [7, 11) is 0. The van der Waals surface area contributed by atoms with Crippen LogP contribution in [-0.2, 0) is 0 Å². The molecule has 0 bridgehead atoms. The van der Waals surface area contributed by atoms with Crippen LogP contribution in [-0.4, -0.2) is 0 Å². The second kappa shape index (κ2) is 3.00. The summed E-state index contributed by atoms with van der Waals surface area (Å²) in [6.45, 7) is 15.7. The average Bonchev–Trinajstić information content (AvgIpc) is 1.56. The molecule has 0 spiro atoms.